The Labute approximate surface area is 180 Å². The molecule has 2 aliphatic rings. The van der Waals surface area contributed by atoms with Crippen molar-refractivity contribution in [1.29, 1.82) is 0 Å². The van der Waals surface area contributed by atoms with E-state index < -0.39 is 21.4 Å². The summed E-state index contributed by atoms with van der Waals surface area (Å²) in [5, 5.41) is 7.39. The summed E-state index contributed by atoms with van der Waals surface area (Å²) in [6.45, 7) is 2.59. The zero-order chi connectivity index (χ0) is 22.1. The first kappa shape index (κ1) is 21.8. The molecule has 1 aromatic heterocycles. The molecule has 31 heavy (non-hydrogen) atoms. The minimum absolute atomic E-state index is 0.105. The van der Waals surface area contributed by atoms with Crippen molar-refractivity contribution in [1.82, 2.24) is 24.7 Å². The second-order valence-corrected chi connectivity index (χ2v) is 9.90. The summed E-state index contributed by atoms with van der Waals surface area (Å²) in [6, 6.07) is 5.33. The molecule has 2 heterocycles. The lowest BCUT2D eigenvalue weighted by atomic mass is 9.96. The van der Waals surface area contributed by atoms with Gasteiger partial charge in [-0.25, -0.2) is 12.8 Å². The van der Waals surface area contributed by atoms with Gasteiger partial charge in [-0.2, -0.15) is 9.29 Å². The quantitative estimate of drug-likeness (QED) is 0.707. The van der Waals surface area contributed by atoms with Gasteiger partial charge >= 0.3 is 0 Å². The van der Waals surface area contributed by atoms with Crippen LogP contribution in [0.1, 0.15) is 37.4 Å². The number of sulfonamides is 1. The third-order valence-corrected chi connectivity index (χ3v) is 7.97. The molecule has 0 unspecified atom stereocenters. The van der Waals surface area contributed by atoms with E-state index in [1.54, 1.807) is 11.8 Å². The number of carbonyl (C=O) groups excluding carboxylic acids is 1. The van der Waals surface area contributed by atoms with E-state index >= 15 is 0 Å². The number of halogens is 1. The summed E-state index contributed by atoms with van der Waals surface area (Å²) in [6.07, 6.45) is 3.69. The van der Waals surface area contributed by atoms with E-state index in [2.05, 4.69) is 15.5 Å². The van der Waals surface area contributed by atoms with E-state index in [0.29, 0.717) is 11.7 Å². The van der Waals surface area contributed by atoms with Crippen molar-refractivity contribution in [2.45, 2.75) is 43.0 Å². The molecular weight excluding hydrogens is 425 g/mol. The lowest BCUT2D eigenvalue weighted by Gasteiger charge is -2.35. The number of piperazine rings is 1. The van der Waals surface area contributed by atoms with Crippen molar-refractivity contribution >= 4 is 15.9 Å². The van der Waals surface area contributed by atoms with Crippen LogP contribution in [0.5, 0.6) is 0 Å². The molecule has 168 valence electrons. The molecule has 1 aliphatic carbocycles. The highest BCUT2D eigenvalue weighted by Gasteiger charge is 2.40. The van der Waals surface area contributed by atoms with Gasteiger partial charge in [0.25, 0.3) is 0 Å². The average molecular weight is 452 g/mol. The molecule has 0 bridgehead atoms. The van der Waals surface area contributed by atoms with Crippen molar-refractivity contribution in [2.75, 3.05) is 32.7 Å². The molecule has 1 saturated carbocycles. The van der Waals surface area contributed by atoms with Gasteiger partial charge in [-0.05, 0) is 25.0 Å². The Morgan fingerprint density at radius 1 is 1.19 bits per heavy atom. The van der Waals surface area contributed by atoms with Gasteiger partial charge in [0.15, 0.2) is 5.82 Å². The number of aromatic nitrogens is 2. The Hall–Kier alpha value is -2.37. The molecule has 1 N–H and O–H groups in total. The van der Waals surface area contributed by atoms with Gasteiger partial charge < -0.3 is 9.42 Å². The number of hydrogen-bond donors (Lipinski definition) is 1. The topological polar surface area (TPSA) is 109 Å². The van der Waals surface area contributed by atoms with Crippen molar-refractivity contribution in [3.8, 4) is 0 Å². The molecule has 2 aromatic rings. The number of nitrogens with one attached hydrogen (secondary N) is 1. The van der Waals surface area contributed by atoms with Gasteiger partial charge in [0.1, 0.15) is 10.7 Å². The third-order valence-electron chi connectivity index (χ3n) is 6.04. The monoisotopic (exact) mass is 451 g/mol. The number of hydrogen-bond acceptors (Lipinski definition) is 7. The highest BCUT2D eigenvalue weighted by molar-refractivity contribution is 7.89. The number of nitrogens with zero attached hydrogens (tertiary/aromatic N) is 4. The van der Waals surface area contributed by atoms with E-state index in [1.807, 2.05) is 0 Å². The second kappa shape index (κ2) is 8.64. The standard InChI is InChI=1S/C20H26FN5O4S/c1-15-23-19(24-30-15)20(8-4-5-9-20)22-14-18(27)25-10-12-26(13-11-25)31(28,29)17-7-3-2-6-16(17)21/h2-3,6-7,22H,4-5,8-14H2,1H3. The van der Waals surface area contributed by atoms with E-state index in [9.17, 15) is 17.6 Å². The number of benzene rings is 1. The lowest BCUT2D eigenvalue weighted by molar-refractivity contribution is -0.131. The van der Waals surface area contributed by atoms with E-state index in [4.69, 9.17) is 4.52 Å². The minimum atomic E-state index is -3.93. The van der Waals surface area contributed by atoms with Gasteiger partial charge in [0.2, 0.25) is 21.8 Å². The molecule has 11 heteroatoms. The SMILES string of the molecule is Cc1nc(C2(NCC(=O)N3CCN(S(=O)(=O)c4ccccc4F)CC3)CCCC2)no1. The predicted molar refractivity (Wildman–Crippen MR) is 109 cm³/mol. The first-order chi connectivity index (χ1) is 14.8. The smallest absolute Gasteiger partial charge is 0.246 e. The maximum atomic E-state index is 14.0. The molecule has 0 spiro atoms. The molecule has 4 rings (SSSR count). The molecule has 0 atom stereocenters. The van der Waals surface area contributed by atoms with Crippen molar-refractivity contribution < 1.29 is 22.1 Å². The molecule has 0 radical (unpaired) electrons. The van der Waals surface area contributed by atoms with Crippen LogP contribution < -0.4 is 5.32 Å². The minimum Gasteiger partial charge on any atom is -0.340 e. The maximum absolute atomic E-state index is 14.0. The van der Waals surface area contributed by atoms with Crippen LogP contribution in [0.2, 0.25) is 0 Å². The van der Waals surface area contributed by atoms with Crippen LogP contribution in [0.15, 0.2) is 33.7 Å². The Kier molecular flexibility index (Phi) is 6.09. The van der Waals surface area contributed by atoms with Crippen LogP contribution in [-0.4, -0.2) is 66.4 Å². The highest BCUT2D eigenvalue weighted by atomic mass is 32.2. The average Bonchev–Trinajstić information content (AvgIpc) is 3.42. The highest BCUT2D eigenvalue weighted by Crippen LogP contribution is 2.37. The Balaban J connectivity index is 1.36. The summed E-state index contributed by atoms with van der Waals surface area (Å²) in [4.78, 5) is 18.4. The van der Waals surface area contributed by atoms with Crippen molar-refractivity contribution in [3.63, 3.8) is 0 Å². The fourth-order valence-electron chi connectivity index (χ4n) is 4.28. The maximum Gasteiger partial charge on any atom is 0.246 e. The molecule has 1 amide bonds. The van der Waals surface area contributed by atoms with Gasteiger partial charge in [-0.15, -0.1) is 0 Å². The fourth-order valence-corrected chi connectivity index (χ4v) is 5.77. The van der Waals surface area contributed by atoms with Crippen LogP contribution in [0.4, 0.5) is 4.39 Å². The van der Waals surface area contributed by atoms with E-state index in [-0.39, 0.29) is 43.5 Å². The molecular formula is C20H26FN5O4S. The van der Waals surface area contributed by atoms with Crippen molar-refractivity contribution in [3.05, 3.63) is 41.8 Å². The molecule has 9 nitrogen and oxygen atoms in total. The first-order valence-corrected chi connectivity index (χ1v) is 11.8. The summed E-state index contributed by atoms with van der Waals surface area (Å²) < 4.78 is 45.8. The predicted octanol–water partition coefficient (Wildman–Crippen LogP) is 1.41. The van der Waals surface area contributed by atoms with Gasteiger partial charge in [-0.3, -0.25) is 10.1 Å². The van der Waals surface area contributed by atoms with Crippen molar-refractivity contribution in [2.24, 2.45) is 0 Å². The van der Waals surface area contributed by atoms with Crippen LogP contribution >= 0.6 is 0 Å². The Bertz CT molecular complexity index is 1040. The van der Waals surface area contributed by atoms with Crippen LogP contribution in [0, 0.1) is 12.7 Å². The van der Waals surface area contributed by atoms with Crippen LogP contribution in [0.25, 0.3) is 0 Å². The number of aryl methyl sites for hydroxylation is 1. The molecule has 1 aromatic carbocycles. The molecule has 2 fully saturated rings. The zero-order valence-corrected chi connectivity index (χ0v) is 18.2. The third kappa shape index (κ3) is 4.35. The van der Waals surface area contributed by atoms with Gasteiger partial charge in [0.05, 0.1) is 12.1 Å². The molecule has 1 aliphatic heterocycles. The van der Waals surface area contributed by atoms with E-state index in [0.717, 1.165) is 31.7 Å². The summed E-state index contributed by atoms with van der Waals surface area (Å²) in [5.41, 5.74) is -0.469. The Morgan fingerprint density at radius 2 is 1.87 bits per heavy atom. The lowest BCUT2D eigenvalue weighted by Crippen LogP contribution is -2.54. The molecule has 1 saturated heterocycles. The van der Waals surface area contributed by atoms with E-state index in [1.165, 1.54) is 22.5 Å². The normalized spacial score (nSPS) is 19.6. The summed E-state index contributed by atoms with van der Waals surface area (Å²) in [5.74, 6) is 0.177. The Morgan fingerprint density at radius 3 is 2.48 bits per heavy atom. The van der Waals surface area contributed by atoms with Crippen LogP contribution in [-0.2, 0) is 20.4 Å². The zero-order valence-electron chi connectivity index (χ0n) is 17.4. The van der Waals surface area contributed by atoms with Gasteiger partial charge in [-0.1, -0.05) is 30.1 Å². The van der Waals surface area contributed by atoms with Gasteiger partial charge in [0, 0.05) is 33.1 Å². The number of amides is 1. The number of rotatable bonds is 6. The van der Waals surface area contributed by atoms with Crippen LogP contribution in [0.3, 0.4) is 0 Å². The second-order valence-electron chi connectivity index (χ2n) is 8.00. The number of carbonyl (C=O) groups is 1. The largest absolute Gasteiger partial charge is 0.340 e. The fraction of sp³-hybridized carbons (Fsp3) is 0.550. The summed E-state index contributed by atoms with van der Waals surface area (Å²) in [7, 11) is -3.93. The first-order valence-electron chi connectivity index (χ1n) is 10.4. The summed E-state index contributed by atoms with van der Waals surface area (Å²) >= 11 is 0.